The van der Waals surface area contributed by atoms with Crippen LogP contribution in [0.2, 0.25) is 0 Å². The van der Waals surface area contributed by atoms with E-state index >= 15 is 0 Å². The van der Waals surface area contributed by atoms with Gasteiger partial charge in [-0.15, -0.1) is 0 Å². The molecule has 2 aromatic heterocycles. The summed E-state index contributed by atoms with van der Waals surface area (Å²) in [5.74, 6) is 0.0561. The zero-order chi connectivity index (χ0) is 21.7. The molecule has 11 heteroatoms. The number of nitrogens with two attached hydrogens (primary N) is 1. The van der Waals surface area contributed by atoms with Crippen LogP contribution in [0.25, 0.3) is 11.3 Å². The zero-order valence-electron chi connectivity index (χ0n) is 16.5. The first-order valence-electron chi connectivity index (χ1n) is 9.18. The molecule has 0 aliphatic rings. The molecule has 0 fully saturated rings. The Labute approximate surface area is 173 Å². The third kappa shape index (κ3) is 4.87. The number of primary amides is 1. The van der Waals surface area contributed by atoms with E-state index in [1.807, 2.05) is 6.92 Å². The van der Waals surface area contributed by atoms with E-state index in [1.54, 1.807) is 49.5 Å². The van der Waals surface area contributed by atoms with E-state index in [2.05, 4.69) is 25.2 Å². The van der Waals surface area contributed by atoms with Crippen LogP contribution < -0.4 is 20.5 Å². The number of carbonyl (C=O) groups is 1. The van der Waals surface area contributed by atoms with Gasteiger partial charge >= 0.3 is 0 Å². The van der Waals surface area contributed by atoms with Gasteiger partial charge in [0.25, 0.3) is 5.91 Å². The van der Waals surface area contributed by atoms with Crippen LogP contribution in [0.3, 0.4) is 0 Å². The molecule has 3 rings (SSSR count). The quantitative estimate of drug-likeness (QED) is 0.407. The first kappa shape index (κ1) is 21.1. The van der Waals surface area contributed by atoms with Crippen molar-refractivity contribution < 1.29 is 17.9 Å². The van der Waals surface area contributed by atoms with E-state index < -0.39 is 15.9 Å². The van der Waals surface area contributed by atoms with Crippen molar-refractivity contribution in [3.8, 4) is 17.1 Å². The van der Waals surface area contributed by atoms with Gasteiger partial charge in [0.1, 0.15) is 17.1 Å². The van der Waals surface area contributed by atoms with Gasteiger partial charge in [0.15, 0.2) is 0 Å². The molecular weight excluding hydrogens is 408 g/mol. The van der Waals surface area contributed by atoms with Crippen LogP contribution in [0.1, 0.15) is 24.2 Å². The summed E-state index contributed by atoms with van der Waals surface area (Å²) < 4.78 is 31.2. The molecule has 0 aliphatic heterocycles. The molecule has 0 unspecified atom stereocenters. The highest BCUT2D eigenvalue weighted by Gasteiger charge is 2.20. The van der Waals surface area contributed by atoms with Crippen LogP contribution in [0.4, 0.5) is 17.2 Å². The van der Waals surface area contributed by atoms with Crippen molar-refractivity contribution >= 4 is 33.1 Å². The molecule has 2 heterocycles. The lowest BCUT2D eigenvalue weighted by Crippen LogP contribution is -2.14. The minimum atomic E-state index is -3.38. The number of hydrogen-bond donors (Lipinski definition) is 4. The highest BCUT2D eigenvalue weighted by Crippen LogP contribution is 2.30. The number of amides is 1. The number of aromatic amines is 1. The molecule has 3 aromatic rings. The largest absolute Gasteiger partial charge is 0.478 e. The van der Waals surface area contributed by atoms with Gasteiger partial charge in [0.05, 0.1) is 12.4 Å². The summed E-state index contributed by atoms with van der Waals surface area (Å²) in [4.78, 5) is 16.2. The van der Waals surface area contributed by atoms with Crippen LogP contribution in [0, 0.1) is 0 Å². The molecule has 0 saturated carbocycles. The van der Waals surface area contributed by atoms with Crippen molar-refractivity contribution in [2.45, 2.75) is 13.8 Å². The predicted octanol–water partition coefficient (Wildman–Crippen LogP) is 2.47. The minimum absolute atomic E-state index is 0.0328. The number of hydrogen-bond acceptors (Lipinski definition) is 7. The number of rotatable bonds is 9. The minimum Gasteiger partial charge on any atom is -0.478 e. The molecule has 1 aromatic carbocycles. The van der Waals surface area contributed by atoms with Crippen molar-refractivity contribution in [3.63, 3.8) is 0 Å². The summed E-state index contributed by atoms with van der Waals surface area (Å²) in [6.45, 7) is 3.88. The van der Waals surface area contributed by atoms with Gasteiger partial charge in [0, 0.05) is 29.2 Å². The summed E-state index contributed by atoms with van der Waals surface area (Å²) in [6.07, 6.45) is 1.57. The molecule has 0 bridgehead atoms. The number of sulfonamides is 1. The summed E-state index contributed by atoms with van der Waals surface area (Å²) in [5, 5.41) is 10.1. The van der Waals surface area contributed by atoms with Crippen LogP contribution >= 0.6 is 0 Å². The Bertz CT molecular complexity index is 1140. The molecule has 5 N–H and O–H groups in total. The number of benzene rings is 1. The van der Waals surface area contributed by atoms with E-state index in [4.69, 9.17) is 10.5 Å². The molecule has 0 saturated heterocycles. The molecule has 0 atom stereocenters. The first-order valence-corrected chi connectivity index (χ1v) is 10.8. The molecule has 30 heavy (non-hydrogen) atoms. The summed E-state index contributed by atoms with van der Waals surface area (Å²) in [5.41, 5.74) is 7.75. The van der Waals surface area contributed by atoms with Gasteiger partial charge in [-0.05, 0) is 32.0 Å². The third-order valence-electron chi connectivity index (χ3n) is 4.12. The van der Waals surface area contributed by atoms with Gasteiger partial charge in [-0.1, -0.05) is 12.1 Å². The molecular formula is C19H22N6O4S. The lowest BCUT2D eigenvalue weighted by atomic mass is 10.1. The van der Waals surface area contributed by atoms with Crippen LogP contribution in [-0.2, 0) is 10.0 Å². The van der Waals surface area contributed by atoms with Crippen LogP contribution in [0.5, 0.6) is 5.88 Å². The molecule has 0 radical (unpaired) electrons. The maximum absolute atomic E-state index is 12.1. The number of carbonyl (C=O) groups excluding carboxylic acids is 1. The second-order valence-electron chi connectivity index (χ2n) is 6.21. The average Bonchev–Trinajstić information content (AvgIpc) is 3.12. The van der Waals surface area contributed by atoms with Crippen molar-refractivity contribution in [3.05, 3.63) is 48.2 Å². The second-order valence-corrected chi connectivity index (χ2v) is 8.22. The smallest absolute Gasteiger partial charge is 0.254 e. The number of pyridine rings is 1. The van der Waals surface area contributed by atoms with Gasteiger partial charge in [-0.2, -0.15) is 5.10 Å². The van der Waals surface area contributed by atoms with Crippen LogP contribution in [-0.4, -0.2) is 41.9 Å². The third-order valence-corrected chi connectivity index (χ3v) is 5.43. The Hall–Kier alpha value is -3.60. The lowest BCUT2D eigenvalue weighted by molar-refractivity contribution is 0.100. The number of anilines is 3. The Morgan fingerprint density at radius 3 is 2.53 bits per heavy atom. The summed E-state index contributed by atoms with van der Waals surface area (Å²) >= 11 is 0. The zero-order valence-corrected chi connectivity index (χ0v) is 17.3. The van der Waals surface area contributed by atoms with E-state index in [0.717, 1.165) is 0 Å². The SMILES string of the molecule is CCOc1cc(Nc2[nH]nc(-c3ccc(NS(=O)(=O)CC)cc3)c2C(N)=O)ccn1. The average molecular weight is 430 g/mol. The fourth-order valence-corrected chi connectivity index (χ4v) is 3.33. The number of aromatic nitrogens is 3. The van der Waals surface area contributed by atoms with E-state index in [9.17, 15) is 13.2 Å². The second kappa shape index (κ2) is 8.82. The van der Waals surface area contributed by atoms with E-state index in [-0.39, 0.29) is 11.3 Å². The highest BCUT2D eigenvalue weighted by atomic mass is 32.2. The topological polar surface area (TPSA) is 152 Å². The summed E-state index contributed by atoms with van der Waals surface area (Å²) in [7, 11) is -3.38. The van der Waals surface area contributed by atoms with Crippen molar-refractivity contribution in [2.24, 2.45) is 5.73 Å². The Morgan fingerprint density at radius 2 is 1.90 bits per heavy atom. The number of nitrogens with one attached hydrogen (secondary N) is 3. The number of H-pyrrole nitrogens is 1. The maximum atomic E-state index is 12.1. The normalized spacial score (nSPS) is 11.1. The maximum Gasteiger partial charge on any atom is 0.254 e. The van der Waals surface area contributed by atoms with E-state index in [0.29, 0.717) is 40.9 Å². The first-order chi connectivity index (χ1) is 14.3. The standard InChI is InChI=1S/C19H22N6O4S/c1-3-29-15-11-14(9-10-21-15)22-19-16(18(20)26)17(23-24-19)12-5-7-13(8-6-12)25-30(27,28)4-2/h5-11,25H,3-4H2,1-2H3,(H2,20,26)(H2,21,22,23,24). The highest BCUT2D eigenvalue weighted by molar-refractivity contribution is 7.92. The summed E-state index contributed by atoms with van der Waals surface area (Å²) in [6, 6.07) is 9.88. The van der Waals surface area contributed by atoms with Gasteiger partial charge < -0.3 is 15.8 Å². The lowest BCUT2D eigenvalue weighted by Gasteiger charge is -2.08. The van der Waals surface area contributed by atoms with E-state index in [1.165, 1.54) is 0 Å². The number of nitrogens with zero attached hydrogens (tertiary/aromatic N) is 2. The monoisotopic (exact) mass is 430 g/mol. The van der Waals surface area contributed by atoms with Crippen molar-refractivity contribution in [2.75, 3.05) is 22.4 Å². The van der Waals surface area contributed by atoms with Gasteiger partial charge in [0.2, 0.25) is 15.9 Å². The van der Waals surface area contributed by atoms with Crippen LogP contribution in [0.15, 0.2) is 42.6 Å². The fourth-order valence-electron chi connectivity index (χ4n) is 2.69. The predicted molar refractivity (Wildman–Crippen MR) is 114 cm³/mol. The van der Waals surface area contributed by atoms with Gasteiger partial charge in [-0.25, -0.2) is 13.4 Å². The Morgan fingerprint density at radius 1 is 1.17 bits per heavy atom. The van der Waals surface area contributed by atoms with Crippen molar-refractivity contribution in [1.82, 2.24) is 15.2 Å². The number of ether oxygens (including phenoxy) is 1. The molecule has 10 nitrogen and oxygen atoms in total. The fraction of sp³-hybridized carbons (Fsp3) is 0.211. The molecule has 158 valence electrons. The van der Waals surface area contributed by atoms with Gasteiger partial charge in [-0.3, -0.25) is 14.6 Å². The van der Waals surface area contributed by atoms with Crippen molar-refractivity contribution in [1.29, 1.82) is 0 Å². The Balaban J connectivity index is 1.89. The molecule has 1 amide bonds. The molecule has 0 spiro atoms. The molecule has 0 aliphatic carbocycles. The Kier molecular flexibility index (Phi) is 6.21.